The quantitative estimate of drug-likeness (QED) is 0.645. The zero-order valence-electron chi connectivity index (χ0n) is 17.4. The van der Waals surface area contributed by atoms with Gasteiger partial charge in [-0.1, -0.05) is 6.07 Å². The average molecular weight is 442 g/mol. The van der Waals surface area contributed by atoms with Crippen LogP contribution >= 0.6 is 0 Å². The van der Waals surface area contributed by atoms with Crippen LogP contribution in [0.3, 0.4) is 0 Å². The zero-order valence-corrected chi connectivity index (χ0v) is 18.2. The molecule has 4 rings (SSSR count). The van der Waals surface area contributed by atoms with Crippen molar-refractivity contribution in [3.63, 3.8) is 0 Å². The second-order valence-electron chi connectivity index (χ2n) is 7.75. The van der Waals surface area contributed by atoms with E-state index in [2.05, 4.69) is 20.3 Å². The maximum Gasteiger partial charge on any atom is 0.243 e. The topological polar surface area (TPSA) is 88.1 Å². The lowest BCUT2D eigenvalue weighted by atomic mass is 9.95. The van der Waals surface area contributed by atoms with E-state index in [1.165, 1.54) is 16.4 Å². The van der Waals surface area contributed by atoms with Crippen molar-refractivity contribution in [3.8, 4) is 0 Å². The number of piperidine rings is 1. The predicted octanol–water partition coefficient (Wildman–Crippen LogP) is 3.94. The van der Waals surface area contributed by atoms with Crippen LogP contribution in [-0.2, 0) is 10.0 Å². The number of aryl methyl sites for hydroxylation is 2. The van der Waals surface area contributed by atoms with Gasteiger partial charge in [0.05, 0.1) is 11.1 Å². The van der Waals surface area contributed by atoms with Gasteiger partial charge in [-0.3, -0.25) is 9.97 Å². The molecule has 7 nitrogen and oxygen atoms in total. The van der Waals surface area contributed by atoms with E-state index < -0.39 is 15.8 Å². The summed E-state index contributed by atoms with van der Waals surface area (Å²) in [5, 5.41) is 3.22. The minimum atomic E-state index is -3.78. The van der Waals surface area contributed by atoms with Crippen molar-refractivity contribution in [2.45, 2.75) is 37.5 Å². The summed E-state index contributed by atoms with van der Waals surface area (Å²) < 4.78 is 41.6. The molecule has 1 N–H and O–H groups in total. The van der Waals surface area contributed by atoms with Gasteiger partial charge < -0.3 is 5.32 Å². The molecule has 0 amide bonds. The molecule has 0 radical (unpaired) electrons. The third-order valence-electron chi connectivity index (χ3n) is 5.39. The molecule has 162 valence electrons. The van der Waals surface area contributed by atoms with E-state index in [4.69, 9.17) is 0 Å². The fourth-order valence-corrected chi connectivity index (χ4v) is 5.31. The standard InChI is InChI=1S/C22H24FN5O2S/c1-15-5-6-19(12-20(15)23)31(29,30)28-9-3-4-17(14-28)21-11-18(10-16(2)26-21)27-22-13-24-7-8-25-22/h5-8,10-13,17H,3-4,9,14H2,1-2H3,(H,25,26,27)/t17-/m0/s1. The van der Waals surface area contributed by atoms with Gasteiger partial charge in [-0.15, -0.1) is 0 Å². The van der Waals surface area contributed by atoms with E-state index in [1.54, 1.807) is 25.5 Å². The molecule has 0 saturated carbocycles. The SMILES string of the molecule is Cc1cc(Nc2cnccn2)cc([C@H]2CCCN(S(=O)(=O)c3ccc(C)c(F)c3)C2)n1. The average Bonchev–Trinajstić information content (AvgIpc) is 2.76. The van der Waals surface area contributed by atoms with E-state index in [-0.39, 0.29) is 10.8 Å². The number of pyridine rings is 1. The number of hydrogen-bond acceptors (Lipinski definition) is 6. The van der Waals surface area contributed by atoms with Gasteiger partial charge in [-0.2, -0.15) is 4.31 Å². The van der Waals surface area contributed by atoms with Crippen LogP contribution in [-0.4, -0.2) is 40.8 Å². The van der Waals surface area contributed by atoms with Gasteiger partial charge in [0.25, 0.3) is 0 Å². The van der Waals surface area contributed by atoms with Crippen molar-refractivity contribution in [1.82, 2.24) is 19.3 Å². The van der Waals surface area contributed by atoms with Gasteiger partial charge in [0, 0.05) is 48.5 Å². The molecule has 3 heterocycles. The smallest absolute Gasteiger partial charge is 0.243 e. The first-order valence-corrected chi connectivity index (χ1v) is 11.5. The molecule has 3 aromatic rings. The molecular formula is C22H24FN5O2S. The highest BCUT2D eigenvalue weighted by Gasteiger charge is 2.32. The van der Waals surface area contributed by atoms with Crippen molar-refractivity contribution in [3.05, 3.63) is 71.7 Å². The molecule has 31 heavy (non-hydrogen) atoms. The summed E-state index contributed by atoms with van der Waals surface area (Å²) in [5.41, 5.74) is 2.89. The van der Waals surface area contributed by atoms with Gasteiger partial charge in [0.2, 0.25) is 10.0 Å². The lowest BCUT2D eigenvalue weighted by Gasteiger charge is -2.32. The number of nitrogens with one attached hydrogen (secondary N) is 1. The summed E-state index contributed by atoms with van der Waals surface area (Å²) in [6.45, 7) is 4.22. The van der Waals surface area contributed by atoms with Gasteiger partial charge in [-0.25, -0.2) is 17.8 Å². The molecular weight excluding hydrogens is 417 g/mol. The van der Waals surface area contributed by atoms with Crippen LogP contribution in [0.25, 0.3) is 0 Å². The van der Waals surface area contributed by atoms with Gasteiger partial charge in [-0.05, 0) is 56.5 Å². The van der Waals surface area contributed by atoms with Crippen LogP contribution in [0, 0.1) is 19.7 Å². The van der Waals surface area contributed by atoms with Crippen molar-refractivity contribution in [2.75, 3.05) is 18.4 Å². The summed E-state index contributed by atoms with van der Waals surface area (Å²) in [6, 6.07) is 7.89. The third kappa shape index (κ3) is 4.72. The van der Waals surface area contributed by atoms with Gasteiger partial charge in [0.15, 0.2) is 0 Å². The largest absolute Gasteiger partial charge is 0.339 e. The molecule has 0 unspecified atom stereocenters. The fourth-order valence-electron chi connectivity index (χ4n) is 3.77. The molecule has 2 aromatic heterocycles. The number of halogens is 1. The summed E-state index contributed by atoms with van der Waals surface area (Å²) in [5.74, 6) is 0.0455. The Hall–Kier alpha value is -2.91. The number of anilines is 2. The number of aromatic nitrogens is 3. The molecule has 1 aromatic carbocycles. The maximum absolute atomic E-state index is 14.0. The fraction of sp³-hybridized carbons (Fsp3) is 0.318. The van der Waals surface area contributed by atoms with Crippen molar-refractivity contribution < 1.29 is 12.8 Å². The minimum absolute atomic E-state index is 0.0153. The number of benzene rings is 1. The molecule has 1 saturated heterocycles. The van der Waals surface area contributed by atoms with Crippen molar-refractivity contribution >= 4 is 21.5 Å². The highest BCUT2D eigenvalue weighted by Crippen LogP contribution is 2.31. The Labute approximate surface area is 181 Å². The Morgan fingerprint density at radius 3 is 2.74 bits per heavy atom. The third-order valence-corrected chi connectivity index (χ3v) is 7.25. The molecule has 1 atom stereocenters. The van der Waals surface area contributed by atoms with Crippen LogP contribution in [0.4, 0.5) is 15.9 Å². The van der Waals surface area contributed by atoms with Crippen LogP contribution in [0.15, 0.2) is 53.8 Å². The Morgan fingerprint density at radius 1 is 1.16 bits per heavy atom. The van der Waals surface area contributed by atoms with Gasteiger partial charge >= 0.3 is 0 Å². The Kier molecular flexibility index (Phi) is 5.97. The zero-order chi connectivity index (χ0) is 22.0. The van der Waals surface area contributed by atoms with Crippen LogP contribution < -0.4 is 5.32 Å². The summed E-state index contributed by atoms with van der Waals surface area (Å²) in [7, 11) is -3.78. The molecule has 1 aliphatic rings. The van der Waals surface area contributed by atoms with Crippen molar-refractivity contribution in [2.24, 2.45) is 0 Å². The summed E-state index contributed by atoms with van der Waals surface area (Å²) in [4.78, 5) is 12.9. The molecule has 0 aliphatic carbocycles. The first-order valence-electron chi connectivity index (χ1n) is 10.1. The molecule has 1 fully saturated rings. The number of rotatable bonds is 5. The lowest BCUT2D eigenvalue weighted by Crippen LogP contribution is -2.39. The summed E-state index contributed by atoms with van der Waals surface area (Å²) in [6.07, 6.45) is 6.38. The second kappa shape index (κ2) is 8.68. The van der Waals surface area contributed by atoms with E-state index in [0.717, 1.165) is 29.6 Å². The van der Waals surface area contributed by atoms with Gasteiger partial charge in [0.1, 0.15) is 11.6 Å². The van der Waals surface area contributed by atoms with E-state index in [1.807, 2.05) is 19.1 Å². The molecule has 1 aliphatic heterocycles. The Bertz CT molecular complexity index is 1190. The molecule has 0 bridgehead atoms. The maximum atomic E-state index is 14.0. The van der Waals surface area contributed by atoms with E-state index >= 15 is 0 Å². The van der Waals surface area contributed by atoms with E-state index in [0.29, 0.717) is 30.9 Å². The van der Waals surface area contributed by atoms with E-state index in [9.17, 15) is 12.8 Å². The Morgan fingerprint density at radius 2 is 2.00 bits per heavy atom. The van der Waals surface area contributed by atoms with Crippen LogP contribution in [0.5, 0.6) is 0 Å². The highest BCUT2D eigenvalue weighted by atomic mass is 32.2. The first-order chi connectivity index (χ1) is 14.8. The van der Waals surface area contributed by atoms with Crippen LogP contribution in [0.1, 0.15) is 35.7 Å². The minimum Gasteiger partial charge on any atom is -0.339 e. The monoisotopic (exact) mass is 441 g/mol. The predicted molar refractivity (Wildman–Crippen MR) is 116 cm³/mol. The normalized spacial score (nSPS) is 17.5. The lowest BCUT2D eigenvalue weighted by molar-refractivity contribution is 0.312. The Balaban J connectivity index is 1.57. The number of nitrogens with zero attached hydrogens (tertiary/aromatic N) is 4. The number of hydrogen-bond donors (Lipinski definition) is 1. The second-order valence-corrected chi connectivity index (χ2v) is 9.69. The molecule has 0 spiro atoms. The van der Waals surface area contributed by atoms with Crippen molar-refractivity contribution in [1.29, 1.82) is 0 Å². The highest BCUT2D eigenvalue weighted by molar-refractivity contribution is 7.89. The molecule has 9 heteroatoms. The first kappa shape index (κ1) is 21.3. The summed E-state index contributed by atoms with van der Waals surface area (Å²) >= 11 is 0. The number of sulfonamides is 1. The van der Waals surface area contributed by atoms with Crippen LogP contribution in [0.2, 0.25) is 0 Å².